The molecule has 1 atom stereocenters. The second-order valence-electron chi connectivity index (χ2n) is 4.07. The molecule has 18 heavy (non-hydrogen) atoms. The summed E-state index contributed by atoms with van der Waals surface area (Å²) in [6, 6.07) is 5.58. The maximum Gasteiger partial charge on any atom is 0.307 e. The standard InChI is InChI=1S/C12H15N3O2S/c1-7(5-11(16)17-2)14-12-15-9-4-3-8(13)6-10(9)18-12/h3-4,6-7H,5,13H2,1-2H3,(H,14,15). The van der Waals surface area contributed by atoms with Crippen LogP contribution in [-0.2, 0) is 9.53 Å². The number of rotatable bonds is 4. The normalized spacial score (nSPS) is 12.3. The molecule has 5 nitrogen and oxygen atoms in total. The number of methoxy groups -OCH3 is 1. The van der Waals surface area contributed by atoms with Crippen molar-refractivity contribution in [3.63, 3.8) is 0 Å². The predicted molar refractivity (Wildman–Crippen MR) is 73.8 cm³/mol. The average molecular weight is 265 g/mol. The van der Waals surface area contributed by atoms with Crippen LogP contribution in [0, 0.1) is 0 Å². The molecule has 0 fully saturated rings. The van der Waals surface area contributed by atoms with Crippen molar-refractivity contribution in [3.8, 4) is 0 Å². The van der Waals surface area contributed by atoms with Gasteiger partial charge in [-0.1, -0.05) is 11.3 Å². The Morgan fingerprint density at radius 2 is 2.39 bits per heavy atom. The lowest BCUT2D eigenvalue weighted by atomic mass is 10.2. The van der Waals surface area contributed by atoms with Gasteiger partial charge in [0.2, 0.25) is 0 Å². The van der Waals surface area contributed by atoms with Gasteiger partial charge in [-0.05, 0) is 25.1 Å². The summed E-state index contributed by atoms with van der Waals surface area (Å²) in [5.41, 5.74) is 7.34. The van der Waals surface area contributed by atoms with Crippen LogP contribution in [0.3, 0.4) is 0 Å². The summed E-state index contributed by atoms with van der Waals surface area (Å²) in [5.74, 6) is -0.236. The van der Waals surface area contributed by atoms with E-state index in [0.29, 0.717) is 6.42 Å². The van der Waals surface area contributed by atoms with E-state index in [0.717, 1.165) is 21.0 Å². The SMILES string of the molecule is COC(=O)CC(C)Nc1nc2ccc(N)cc2s1. The predicted octanol–water partition coefficient (Wildman–Crippen LogP) is 2.24. The van der Waals surface area contributed by atoms with E-state index in [9.17, 15) is 4.79 Å². The van der Waals surface area contributed by atoms with Crippen molar-refractivity contribution in [3.05, 3.63) is 18.2 Å². The number of nitrogens with zero attached hydrogens (tertiary/aromatic N) is 1. The smallest absolute Gasteiger partial charge is 0.307 e. The second kappa shape index (κ2) is 5.22. The summed E-state index contributed by atoms with van der Waals surface area (Å²) in [7, 11) is 1.38. The van der Waals surface area contributed by atoms with Crippen molar-refractivity contribution in [2.75, 3.05) is 18.2 Å². The molecular formula is C12H15N3O2S. The number of nitrogens with one attached hydrogen (secondary N) is 1. The van der Waals surface area contributed by atoms with Crippen LogP contribution >= 0.6 is 11.3 Å². The van der Waals surface area contributed by atoms with Crippen molar-refractivity contribution in [1.82, 2.24) is 4.98 Å². The van der Waals surface area contributed by atoms with Gasteiger partial charge in [-0.3, -0.25) is 4.79 Å². The van der Waals surface area contributed by atoms with Crippen molar-refractivity contribution >= 4 is 38.3 Å². The van der Waals surface area contributed by atoms with Gasteiger partial charge in [0.1, 0.15) is 0 Å². The number of anilines is 2. The van der Waals surface area contributed by atoms with Crippen LogP contribution in [0.2, 0.25) is 0 Å². The quantitative estimate of drug-likeness (QED) is 0.655. The lowest BCUT2D eigenvalue weighted by Crippen LogP contribution is -2.20. The van der Waals surface area contributed by atoms with Crippen molar-refractivity contribution in [2.45, 2.75) is 19.4 Å². The Hall–Kier alpha value is -1.82. The molecular weight excluding hydrogens is 250 g/mol. The molecule has 3 N–H and O–H groups in total. The molecule has 1 aromatic carbocycles. The Balaban J connectivity index is 2.09. The van der Waals surface area contributed by atoms with Gasteiger partial charge in [-0.25, -0.2) is 4.98 Å². The van der Waals surface area contributed by atoms with Crippen molar-refractivity contribution in [1.29, 1.82) is 0 Å². The van der Waals surface area contributed by atoms with Crippen LogP contribution in [0.25, 0.3) is 10.2 Å². The van der Waals surface area contributed by atoms with Gasteiger partial charge in [0.15, 0.2) is 5.13 Å². The molecule has 1 aromatic heterocycles. The monoisotopic (exact) mass is 265 g/mol. The number of nitrogens with two attached hydrogens (primary N) is 1. The summed E-state index contributed by atoms with van der Waals surface area (Å²) < 4.78 is 5.65. The number of carbonyl (C=O) groups excluding carboxylic acids is 1. The first-order valence-electron chi connectivity index (χ1n) is 5.58. The van der Waals surface area contributed by atoms with Crippen LogP contribution in [0.1, 0.15) is 13.3 Å². The molecule has 0 aliphatic heterocycles. The fourth-order valence-electron chi connectivity index (χ4n) is 1.60. The number of nitrogen functional groups attached to an aromatic ring is 1. The Morgan fingerprint density at radius 1 is 1.61 bits per heavy atom. The molecule has 0 aliphatic carbocycles. The molecule has 0 bridgehead atoms. The summed E-state index contributed by atoms with van der Waals surface area (Å²) in [5, 5.41) is 3.97. The van der Waals surface area contributed by atoms with E-state index in [-0.39, 0.29) is 12.0 Å². The van der Waals surface area contributed by atoms with Crippen LogP contribution < -0.4 is 11.1 Å². The fourth-order valence-corrected chi connectivity index (χ4v) is 2.62. The molecule has 96 valence electrons. The number of carbonyl (C=O) groups is 1. The van der Waals surface area contributed by atoms with Gasteiger partial charge >= 0.3 is 5.97 Å². The summed E-state index contributed by atoms with van der Waals surface area (Å²) in [6.07, 6.45) is 0.314. The Morgan fingerprint density at radius 3 is 3.11 bits per heavy atom. The van der Waals surface area contributed by atoms with Gasteiger partial charge in [-0.2, -0.15) is 0 Å². The van der Waals surface area contributed by atoms with Gasteiger partial charge in [-0.15, -0.1) is 0 Å². The van der Waals surface area contributed by atoms with Crippen LogP contribution in [0.15, 0.2) is 18.2 Å². The van der Waals surface area contributed by atoms with E-state index >= 15 is 0 Å². The van der Waals surface area contributed by atoms with Crippen LogP contribution in [-0.4, -0.2) is 24.1 Å². The maximum atomic E-state index is 11.1. The minimum Gasteiger partial charge on any atom is -0.469 e. The second-order valence-corrected chi connectivity index (χ2v) is 5.10. The number of esters is 1. The third-order valence-corrected chi connectivity index (χ3v) is 3.43. The zero-order valence-electron chi connectivity index (χ0n) is 10.3. The topological polar surface area (TPSA) is 77.2 Å². The number of hydrogen-bond donors (Lipinski definition) is 2. The summed E-state index contributed by atoms with van der Waals surface area (Å²) in [4.78, 5) is 15.6. The number of fused-ring (bicyclic) bond motifs is 1. The van der Waals surface area contributed by atoms with Crippen LogP contribution in [0.5, 0.6) is 0 Å². The molecule has 1 unspecified atom stereocenters. The van der Waals surface area contributed by atoms with Crippen LogP contribution in [0.4, 0.5) is 10.8 Å². The molecule has 0 saturated carbocycles. The van der Waals surface area contributed by atoms with Gasteiger partial charge < -0.3 is 15.8 Å². The van der Waals surface area contributed by atoms with E-state index in [1.807, 2.05) is 25.1 Å². The van der Waals surface area contributed by atoms with Gasteiger partial charge in [0.25, 0.3) is 0 Å². The number of hydrogen-bond acceptors (Lipinski definition) is 6. The number of benzene rings is 1. The summed E-state index contributed by atoms with van der Waals surface area (Å²) >= 11 is 1.52. The minimum atomic E-state index is -0.236. The molecule has 0 aliphatic rings. The molecule has 1 heterocycles. The highest BCUT2D eigenvalue weighted by atomic mass is 32.1. The lowest BCUT2D eigenvalue weighted by Gasteiger charge is -2.10. The number of thiazole rings is 1. The molecule has 0 spiro atoms. The molecule has 2 rings (SSSR count). The first-order chi connectivity index (χ1) is 8.58. The Bertz CT molecular complexity index is 567. The van der Waals surface area contributed by atoms with E-state index < -0.39 is 0 Å². The first kappa shape index (κ1) is 12.6. The number of aromatic nitrogens is 1. The Kier molecular flexibility index (Phi) is 3.66. The average Bonchev–Trinajstić information content (AvgIpc) is 2.69. The molecule has 0 saturated heterocycles. The Labute approximate surface area is 109 Å². The van der Waals surface area contributed by atoms with Crippen molar-refractivity contribution < 1.29 is 9.53 Å². The largest absolute Gasteiger partial charge is 0.469 e. The highest BCUT2D eigenvalue weighted by molar-refractivity contribution is 7.22. The summed E-state index contributed by atoms with van der Waals surface area (Å²) in [6.45, 7) is 1.91. The van der Waals surface area contributed by atoms with Gasteiger partial charge in [0, 0.05) is 11.7 Å². The first-order valence-corrected chi connectivity index (χ1v) is 6.39. The highest BCUT2D eigenvalue weighted by Crippen LogP contribution is 2.28. The zero-order valence-corrected chi connectivity index (χ0v) is 11.1. The zero-order chi connectivity index (χ0) is 13.1. The maximum absolute atomic E-state index is 11.1. The van der Waals surface area contributed by atoms with E-state index in [1.165, 1.54) is 18.4 Å². The lowest BCUT2D eigenvalue weighted by molar-refractivity contribution is -0.140. The minimum absolute atomic E-state index is 0.0182. The van der Waals surface area contributed by atoms with E-state index in [2.05, 4.69) is 15.0 Å². The third-order valence-electron chi connectivity index (χ3n) is 2.48. The fraction of sp³-hybridized carbons (Fsp3) is 0.333. The molecule has 6 heteroatoms. The van der Waals surface area contributed by atoms with E-state index in [1.54, 1.807) is 0 Å². The van der Waals surface area contributed by atoms with Gasteiger partial charge in [0.05, 0.1) is 23.7 Å². The highest BCUT2D eigenvalue weighted by Gasteiger charge is 2.11. The number of ether oxygens (including phenoxy) is 1. The molecule has 0 radical (unpaired) electrons. The van der Waals surface area contributed by atoms with Crippen molar-refractivity contribution in [2.24, 2.45) is 0 Å². The third kappa shape index (κ3) is 2.89. The van der Waals surface area contributed by atoms with E-state index in [4.69, 9.17) is 5.73 Å². The molecule has 2 aromatic rings. The molecule has 0 amide bonds.